The minimum atomic E-state index is 0.317. The first-order valence-corrected chi connectivity index (χ1v) is 10.9. The number of ether oxygens (including phenoxy) is 8. The van der Waals surface area contributed by atoms with Gasteiger partial charge in [0.1, 0.15) is 6.61 Å². The number of terminal acetylenes is 1. The highest BCUT2D eigenvalue weighted by Crippen LogP contribution is 1.99. The molecule has 0 aromatic carbocycles. The van der Waals surface area contributed by atoms with E-state index in [0.29, 0.717) is 105 Å². The van der Waals surface area contributed by atoms with Crippen LogP contribution in [-0.4, -0.2) is 106 Å². The summed E-state index contributed by atoms with van der Waals surface area (Å²) in [6, 6.07) is 0. The van der Waals surface area contributed by atoms with Gasteiger partial charge in [-0.05, 0) is 5.92 Å². The van der Waals surface area contributed by atoms with E-state index in [2.05, 4.69) is 19.8 Å². The van der Waals surface area contributed by atoms with Crippen LogP contribution in [0.1, 0.15) is 20.3 Å². The van der Waals surface area contributed by atoms with E-state index >= 15 is 0 Å². The van der Waals surface area contributed by atoms with Gasteiger partial charge in [0.05, 0.1) is 92.5 Å². The molecule has 0 aromatic heterocycles. The zero-order valence-corrected chi connectivity index (χ0v) is 18.9. The summed E-state index contributed by atoms with van der Waals surface area (Å²) in [7, 11) is 0. The normalized spacial score (nSPS) is 12.2. The van der Waals surface area contributed by atoms with Gasteiger partial charge >= 0.3 is 0 Å². The first-order chi connectivity index (χ1) is 14.8. The molecule has 0 saturated heterocycles. The molecule has 0 aromatic rings. The summed E-state index contributed by atoms with van der Waals surface area (Å²) < 4.78 is 43.0. The first-order valence-electron chi connectivity index (χ1n) is 10.9. The van der Waals surface area contributed by atoms with Crippen molar-refractivity contribution >= 4 is 0 Å². The van der Waals surface area contributed by atoms with Crippen LogP contribution < -0.4 is 0 Å². The maximum absolute atomic E-state index is 5.51. The van der Waals surface area contributed by atoms with E-state index < -0.39 is 0 Å². The summed E-state index contributed by atoms with van der Waals surface area (Å²) >= 11 is 0. The second-order valence-corrected chi connectivity index (χ2v) is 6.52. The van der Waals surface area contributed by atoms with E-state index in [4.69, 9.17) is 44.3 Å². The third-order valence-electron chi connectivity index (χ3n) is 3.89. The van der Waals surface area contributed by atoms with E-state index in [0.717, 1.165) is 13.0 Å². The smallest absolute Gasteiger partial charge is 0.107 e. The largest absolute Gasteiger partial charge is 0.379 e. The molecule has 8 heteroatoms. The Morgan fingerprint density at radius 2 is 0.833 bits per heavy atom. The van der Waals surface area contributed by atoms with Crippen molar-refractivity contribution < 1.29 is 37.9 Å². The van der Waals surface area contributed by atoms with Gasteiger partial charge in [0, 0.05) is 6.61 Å². The van der Waals surface area contributed by atoms with Crippen molar-refractivity contribution in [2.75, 3.05) is 106 Å². The van der Waals surface area contributed by atoms with Gasteiger partial charge in [-0.3, -0.25) is 0 Å². The molecule has 8 nitrogen and oxygen atoms in total. The molecule has 0 bridgehead atoms. The van der Waals surface area contributed by atoms with Crippen molar-refractivity contribution in [1.29, 1.82) is 0 Å². The Hall–Kier alpha value is -0.760. The molecular formula is C22H42O8. The Balaban J connectivity index is 3.01. The Morgan fingerprint density at radius 3 is 1.13 bits per heavy atom. The quantitative estimate of drug-likeness (QED) is 0.159. The van der Waals surface area contributed by atoms with Crippen LogP contribution >= 0.6 is 0 Å². The second kappa shape index (κ2) is 26.3. The summed E-state index contributed by atoms with van der Waals surface area (Å²) in [4.78, 5) is 0. The second-order valence-electron chi connectivity index (χ2n) is 6.52. The van der Waals surface area contributed by atoms with Crippen LogP contribution in [0, 0.1) is 18.3 Å². The monoisotopic (exact) mass is 434 g/mol. The van der Waals surface area contributed by atoms with Gasteiger partial charge in [-0.1, -0.05) is 26.2 Å². The first kappa shape index (κ1) is 29.2. The minimum absolute atomic E-state index is 0.317. The Kier molecular flexibility index (Phi) is 25.6. The number of hydrogen-bond acceptors (Lipinski definition) is 8. The van der Waals surface area contributed by atoms with E-state index in [1.165, 1.54) is 0 Å². The molecule has 0 heterocycles. The van der Waals surface area contributed by atoms with Crippen LogP contribution in [0.2, 0.25) is 0 Å². The number of hydrogen-bond donors (Lipinski definition) is 0. The fourth-order valence-electron chi connectivity index (χ4n) is 1.97. The molecular weight excluding hydrogens is 392 g/mol. The third kappa shape index (κ3) is 25.3. The van der Waals surface area contributed by atoms with Crippen LogP contribution in [0.3, 0.4) is 0 Å². The standard InChI is InChI=1S/C22H42O8/c1-4-6-23-7-8-24-9-10-25-11-12-26-13-14-27-15-16-28-17-18-29-19-20-30-21-22(3)5-2/h1,22H,5-21H2,2-3H3. The van der Waals surface area contributed by atoms with E-state index in [-0.39, 0.29) is 0 Å². The zero-order chi connectivity index (χ0) is 22.0. The van der Waals surface area contributed by atoms with Crippen molar-refractivity contribution in [2.24, 2.45) is 5.92 Å². The Morgan fingerprint density at radius 1 is 0.533 bits per heavy atom. The average molecular weight is 435 g/mol. The van der Waals surface area contributed by atoms with Gasteiger partial charge in [0.15, 0.2) is 0 Å². The van der Waals surface area contributed by atoms with Crippen LogP contribution in [0.15, 0.2) is 0 Å². The molecule has 0 rings (SSSR count). The van der Waals surface area contributed by atoms with Crippen LogP contribution in [-0.2, 0) is 37.9 Å². The highest BCUT2D eigenvalue weighted by atomic mass is 16.6. The molecule has 0 amide bonds. The van der Waals surface area contributed by atoms with Crippen molar-refractivity contribution in [3.05, 3.63) is 0 Å². The van der Waals surface area contributed by atoms with Gasteiger partial charge < -0.3 is 37.9 Å². The zero-order valence-electron chi connectivity index (χ0n) is 18.9. The lowest BCUT2D eigenvalue weighted by Gasteiger charge is -2.10. The van der Waals surface area contributed by atoms with Gasteiger partial charge in [-0.25, -0.2) is 0 Å². The van der Waals surface area contributed by atoms with Gasteiger partial charge in [0.2, 0.25) is 0 Å². The lowest BCUT2D eigenvalue weighted by molar-refractivity contribution is -0.0233. The SMILES string of the molecule is C#CCOCCOCCOCCOCCOCCOCCOCCOCC(C)CC. The third-order valence-corrected chi connectivity index (χ3v) is 3.89. The summed E-state index contributed by atoms with van der Waals surface area (Å²) in [6.07, 6.45) is 6.20. The fraction of sp³-hybridized carbons (Fsp3) is 0.909. The van der Waals surface area contributed by atoms with E-state index in [1.807, 2.05) is 0 Å². The van der Waals surface area contributed by atoms with Crippen LogP contribution in [0.5, 0.6) is 0 Å². The average Bonchev–Trinajstić information content (AvgIpc) is 2.76. The summed E-state index contributed by atoms with van der Waals surface area (Å²) in [5.41, 5.74) is 0. The highest BCUT2D eigenvalue weighted by Gasteiger charge is 1.98. The Bertz CT molecular complexity index is 362. The van der Waals surface area contributed by atoms with Crippen molar-refractivity contribution in [2.45, 2.75) is 20.3 Å². The van der Waals surface area contributed by atoms with E-state index in [1.54, 1.807) is 0 Å². The molecule has 0 N–H and O–H groups in total. The van der Waals surface area contributed by atoms with Crippen molar-refractivity contribution in [3.63, 3.8) is 0 Å². The predicted octanol–water partition coefficient (Wildman–Crippen LogP) is 1.80. The highest BCUT2D eigenvalue weighted by molar-refractivity contribution is 4.82. The molecule has 0 radical (unpaired) electrons. The Labute approximate surface area is 182 Å². The predicted molar refractivity (Wildman–Crippen MR) is 115 cm³/mol. The minimum Gasteiger partial charge on any atom is -0.379 e. The number of rotatable bonds is 25. The topological polar surface area (TPSA) is 73.8 Å². The van der Waals surface area contributed by atoms with Gasteiger partial charge in [0.25, 0.3) is 0 Å². The van der Waals surface area contributed by atoms with Crippen molar-refractivity contribution in [3.8, 4) is 12.3 Å². The maximum Gasteiger partial charge on any atom is 0.107 e. The lowest BCUT2D eigenvalue weighted by Crippen LogP contribution is -2.15. The van der Waals surface area contributed by atoms with Gasteiger partial charge in [-0.15, -0.1) is 6.42 Å². The molecule has 0 spiro atoms. The molecule has 1 unspecified atom stereocenters. The molecule has 0 aliphatic heterocycles. The molecule has 178 valence electrons. The van der Waals surface area contributed by atoms with Crippen LogP contribution in [0.4, 0.5) is 0 Å². The lowest BCUT2D eigenvalue weighted by atomic mass is 10.1. The summed E-state index contributed by atoms with van der Waals surface area (Å²) in [6.45, 7) is 13.1. The van der Waals surface area contributed by atoms with Gasteiger partial charge in [-0.2, -0.15) is 0 Å². The maximum atomic E-state index is 5.51. The fourth-order valence-corrected chi connectivity index (χ4v) is 1.97. The molecule has 1 atom stereocenters. The van der Waals surface area contributed by atoms with E-state index in [9.17, 15) is 0 Å². The summed E-state index contributed by atoms with van der Waals surface area (Å²) in [5.74, 6) is 3.00. The molecule has 0 saturated carbocycles. The molecule has 0 fully saturated rings. The molecule has 0 aliphatic carbocycles. The molecule has 0 aliphatic rings. The van der Waals surface area contributed by atoms with Crippen molar-refractivity contribution in [1.82, 2.24) is 0 Å². The van der Waals surface area contributed by atoms with Crippen LogP contribution in [0.25, 0.3) is 0 Å². The summed E-state index contributed by atoms with van der Waals surface area (Å²) in [5, 5.41) is 0. The molecule has 30 heavy (non-hydrogen) atoms.